The van der Waals surface area contributed by atoms with Crippen molar-refractivity contribution in [2.24, 2.45) is 5.92 Å². The van der Waals surface area contributed by atoms with Gasteiger partial charge in [-0.2, -0.15) is 0 Å². The molecule has 2 aliphatic heterocycles. The van der Waals surface area contributed by atoms with E-state index in [1.54, 1.807) is 18.6 Å². The third-order valence-corrected chi connectivity index (χ3v) is 4.83. The zero-order valence-electron chi connectivity index (χ0n) is 14.3. The minimum absolute atomic E-state index is 0.125. The summed E-state index contributed by atoms with van der Waals surface area (Å²) in [4.78, 5) is 25.3. The Morgan fingerprint density at radius 1 is 1.20 bits per heavy atom. The Bertz CT molecular complexity index is 711. The van der Waals surface area contributed by atoms with Gasteiger partial charge in [-0.15, -0.1) is 0 Å². The predicted octanol–water partition coefficient (Wildman–Crippen LogP) is 2.00. The second kappa shape index (κ2) is 7.13. The van der Waals surface area contributed by atoms with Gasteiger partial charge in [-0.3, -0.25) is 4.98 Å². The SMILES string of the molecule is O=C(N1CCCC1)N1Cc2nccn2C[C@@H](COc2cccnc2)C1. The van der Waals surface area contributed by atoms with Crippen LogP contribution in [-0.4, -0.2) is 56.6 Å². The van der Waals surface area contributed by atoms with Crippen molar-refractivity contribution in [2.45, 2.75) is 25.9 Å². The van der Waals surface area contributed by atoms with Gasteiger partial charge in [0.15, 0.2) is 0 Å². The molecule has 0 aromatic carbocycles. The Kier molecular flexibility index (Phi) is 4.54. The average Bonchev–Trinajstić information content (AvgIpc) is 3.29. The van der Waals surface area contributed by atoms with E-state index in [1.807, 2.05) is 28.1 Å². The summed E-state index contributed by atoms with van der Waals surface area (Å²) in [6, 6.07) is 3.89. The highest BCUT2D eigenvalue weighted by Crippen LogP contribution is 2.20. The Morgan fingerprint density at radius 2 is 2.08 bits per heavy atom. The number of likely N-dealkylation sites (tertiary alicyclic amines) is 1. The summed E-state index contributed by atoms with van der Waals surface area (Å²) in [6.07, 6.45) is 9.43. The van der Waals surface area contributed by atoms with Gasteiger partial charge in [-0.25, -0.2) is 9.78 Å². The standard InChI is InChI=1S/C18H23N5O2/c24-18(21-7-1-2-8-21)23-12-15(11-22-9-6-20-17(22)13-23)14-25-16-4-3-5-19-10-16/h3-6,9-10,15H,1-2,7-8,11-14H2/t15-/m1/s1. The number of amides is 2. The first-order valence-corrected chi connectivity index (χ1v) is 8.86. The van der Waals surface area contributed by atoms with Gasteiger partial charge in [0.1, 0.15) is 11.6 Å². The monoisotopic (exact) mass is 341 g/mol. The molecular weight excluding hydrogens is 318 g/mol. The first-order valence-electron chi connectivity index (χ1n) is 8.86. The lowest BCUT2D eigenvalue weighted by atomic mass is 10.1. The van der Waals surface area contributed by atoms with Crippen LogP contribution in [0.1, 0.15) is 18.7 Å². The summed E-state index contributed by atoms with van der Waals surface area (Å²) in [7, 11) is 0. The molecule has 0 aliphatic carbocycles. The second-order valence-corrected chi connectivity index (χ2v) is 6.72. The third-order valence-electron chi connectivity index (χ3n) is 4.83. The number of aromatic nitrogens is 3. The molecule has 0 unspecified atom stereocenters. The summed E-state index contributed by atoms with van der Waals surface area (Å²) >= 11 is 0. The quantitative estimate of drug-likeness (QED) is 0.857. The lowest BCUT2D eigenvalue weighted by molar-refractivity contribution is 0.140. The molecule has 7 heteroatoms. The molecule has 2 aliphatic rings. The maximum atomic E-state index is 12.9. The molecule has 2 aromatic rings. The predicted molar refractivity (Wildman–Crippen MR) is 92.1 cm³/mol. The van der Waals surface area contributed by atoms with Crippen molar-refractivity contribution in [1.29, 1.82) is 0 Å². The zero-order chi connectivity index (χ0) is 17.1. The number of fused-ring (bicyclic) bond motifs is 1. The van der Waals surface area contributed by atoms with E-state index in [-0.39, 0.29) is 11.9 Å². The molecule has 7 nitrogen and oxygen atoms in total. The summed E-state index contributed by atoms with van der Waals surface area (Å²) in [6.45, 7) is 4.32. The molecule has 132 valence electrons. The van der Waals surface area contributed by atoms with Crippen molar-refractivity contribution in [1.82, 2.24) is 24.3 Å². The highest BCUT2D eigenvalue weighted by Gasteiger charge is 2.30. The number of rotatable bonds is 3. The molecule has 25 heavy (non-hydrogen) atoms. The molecule has 0 spiro atoms. The number of urea groups is 1. The van der Waals surface area contributed by atoms with Crippen LogP contribution >= 0.6 is 0 Å². The number of ether oxygens (including phenoxy) is 1. The highest BCUT2D eigenvalue weighted by molar-refractivity contribution is 5.74. The smallest absolute Gasteiger partial charge is 0.320 e. The first kappa shape index (κ1) is 15.9. The van der Waals surface area contributed by atoms with Crippen molar-refractivity contribution < 1.29 is 9.53 Å². The van der Waals surface area contributed by atoms with Gasteiger partial charge in [-0.05, 0) is 25.0 Å². The summed E-state index contributed by atoms with van der Waals surface area (Å²) in [5, 5.41) is 0. The number of pyridine rings is 1. The Labute approximate surface area is 147 Å². The normalized spacial score (nSPS) is 20.2. The van der Waals surface area contributed by atoms with Gasteiger partial charge < -0.3 is 19.1 Å². The number of carbonyl (C=O) groups excluding carboxylic acids is 1. The largest absolute Gasteiger partial charge is 0.492 e. The maximum Gasteiger partial charge on any atom is 0.320 e. The molecule has 4 rings (SSSR count). The van der Waals surface area contributed by atoms with Crippen LogP contribution in [0.3, 0.4) is 0 Å². The second-order valence-electron chi connectivity index (χ2n) is 6.72. The van der Waals surface area contributed by atoms with E-state index in [0.717, 1.165) is 44.0 Å². The maximum absolute atomic E-state index is 12.9. The fourth-order valence-electron chi connectivity index (χ4n) is 3.55. The van der Waals surface area contributed by atoms with Crippen molar-refractivity contribution in [3.8, 4) is 5.75 Å². The van der Waals surface area contributed by atoms with E-state index in [0.29, 0.717) is 19.7 Å². The van der Waals surface area contributed by atoms with Crippen molar-refractivity contribution in [3.05, 3.63) is 42.7 Å². The number of carbonyl (C=O) groups is 1. The van der Waals surface area contributed by atoms with Gasteiger partial charge >= 0.3 is 6.03 Å². The molecule has 0 N–H and O–H groups in total. The number of hydrogen-bond acceptors (Lipinski definition) is 4. The fourth-order valence-corrected chi connectivity index (χ4v) is 3.55. The van der Waals surface area contributed by atoms with Crippen LogP contribution in [0.2, 0.25) is 0 Å². The lowest BCUT2D eigenvalue weighted by Gasteiger charge is -2.28. The van der Waals surface area contributed by atoms with Crippen LogP contribution in [0.4, 0.5) is 4.79 Å². The van der Waals surface area contributed by atoms with Crippen LogP contribution in [0.25, 0.3) is 0 Å². The van der Waals surface area contributed by atoms with Crippen molar-refractivity contribution in [2.75, 3.05) is 26.2 Å². The van der Waals surface area contributed by atoms with Gasteiger partial charge in [0.2, 0.25) is 0 Å². The van der Waals surface area contributed by atoms with Crippen LogP contribution in [0.5, 0.6) is 5.75 Å². The minimum atomic E-state index is 0.125. The van der Waals surface area contributed by atoms with E-state index in [9.17, 15) is 4.79 Å². The molecule has 2 aromatic heterocycles. The van der Waals surface area contributed by atoms with E-state index in [1.165, 1.54) is 0 Å². The van der Waals surface area contributed by atoms with Gasteiger partial charge in [0, 0.05) is 50.7 Å². The van der Waals surface area contributed by atoms with Gasteiger partial charge in [0.25, 0.3) is 0 Å². The van der Waals surface area contributed by atoms with Crippen molar-refractivity contribution in [3.63, 3.8) is 0 Å². The topological polar surface area (TPSA) is 63.5 Å². The molecule has 1 atom stereocenters. The van der Waals surface area contributed by atoms with Crippen LogP contribution in [0.15, 0.2) is 36.9 Å². The number of imidazole rings is 1. The molecule has 0 radical (unpaired) electrons. The van der Waals surface area contributed by atoms with Gasteiger partial charge in [0.05, 0.1) is 19.3 Å². The zero-order valence-corrected chi connectivity index (χ0v) is 14.3. The summed E-state index contributed by atoms with van der Waals surface area (Å²) in [5.74, 6) is 1.91. The number of hydrogen-bond donors (Lipinski definition) is 0. The molecule has 0 bridgehead atoms. The number of nitrogens with zero attached hydrogens (tertiary/aromatic N) is 5. The first-order chi connectivity index (χ1) is 12.3. The highest BCUT2D eigenvalue weighted by atomic mass is 16.5. The Morgan fingerprint density at radius 3 is 2.88 bits per heavy atom. The summed E-state index contributed by atoms with van der Waals surface area (Å²) in [5.41, 5.74) is 0. The fraction of sp³-hybridized carbons (Fsp3) is 0.500. The third kappa shape index (κ3) is 3.60. The van der Waals surface area contributed by atoms with Gasteiger partial charge in [-0.1, -0.05) is 0 Å². The molecule has 1 fully saturated rings. The van der Waals surface area contributed by atoms with Crippen LogP contribution in [0, 0.1) is 5.92 Å². The van der Waals surface area contributed by atoms with E-state index >= 15 is 0 Å². The molecule has 2 amide bonds. The molecule has 4 heterocycles. The van der Waals surface area contributed by atoms with E-state index in [2.05, 4.69) is 14.5 Å². The van der Waals surface area contributed by atoms with Crippen LogP contribution < -0.4 is 4.74 Å². The van der Waals surface area contributed by atoms with E-state index < -0.39 is 0 Å². The van der Waals surface area contributed by atoms with Crippen LogP contribution in [-0.2, 0) is 13.1 Å². The minimum Gasteiger partial charge on any atom is -0.492 e. The lowest BCUT2D eigenvalue weighted by Crippen LogP contribution is -2.43. The Balaban J connectivity index is 1.48. The average molecular weight is 341 g/mol. The molecule has 1 saturated heterocycles. The van der Waals surface area contributed by atoms with E-state index in [4.69, 9.17) is 4.74 Å². The summed E-state index contributed by atoms with van der Waals surface area (Å²) < 4.78 is 8.03. The molecular formula is C18H23N5O2. The van der Waals surface area contributed by atoms with Crippen molar-refractivity contribution >= 4 is 6.03 Å². The Hall–Kier alpha value is -2.57. The molecule has 0 saturated carbocycles.